The highest BCUT2D eigenvalue weighted by Crippen LogP contribution is 2.23. The van der Waals surface area contributed by atoms with Crippen LogP contribution < -0.4 is 10.6 Å². The summed E-state index contributed by atoms with van der Waals surface area (Å²) < 4.78 is 5.40. The van der Waals surface area contributed by atoms with Gasteiger partial charge in [0.25, 0.3) is 5.91 Å². The lowest BCUT2D eigenvalue weighted by Crippen LogP contribution is -2.42. The number of carbonyl (C=O) groups excluding carboxylic acids is 3. The van der Waals surface area contributed by atoms with Gasteiger partial charge in [-0.15, -0.1) is 0 Å². The van der Waals surface area contributed by atoms with Crippen LogP contribution in [0.25, 0.3) is 0 Å². The molecule has 0 aliphatic carbocycles. The number of carbonyl (C=O) groups is 3. The van der Waals surface area contributed by atoms with Crippen LogP contribution in [0.15, 0.2) is 24.3 Å². The van der Waals surface area contributed by atoms with Crippen LogP contribution in [0.1, 0.15) is 57.3 Å². The summed E-state index contributed by atoms with van der Waals surface area (Å²) in [6, 6.07) is 6.91. The maximum Gasteiger partial charge on any atom is 0.410 e. The first kappa shape index (κ1) is 21.7. The Balaban J connectivity index is 1.81. The van der Waals surface area contributed by atoms with Gasteiger partial charge in [0.2, 0.25) is 5.91 Å². The van der Waals surface area contributed by atoms with Crippen molar-refractivity contribution >= 4 is 23.6 Å². The molecule has 0 radical (unpaired) electrons. The van der Waals surface area contributed by atoms with Crippen LogP contribution in [0.2, 0.25) is 0 Å². The zero-order valence-electron chi connectivity index (χ0n) is 17.2. The number of likely N-dealkylation sites (tertiary alicyclic amines) is 1. The van der Waals surface area contributed by atoms with Crippen molar-refractivity contribution in [3.8, 4) is 0 Å². The maximum atomic E-state index is 12.4. The lowest BCUT2D eigenvalue weighted by atomic mass is 9.93. The fourth-order valence-electron chi connectivity index (χ4n) is 3.12. The predicted octanol–water partition coefficient (Wildman–Crippen LogP) is 3.41. The molecular formula is C21H31N3O4. The SMILES string of the molecule is CCNC(=O)c1cccc(NC(=O)CC2CCN(C(=O)OC(C)(C)C)CC2)c1. The molecule has 1 saturated heterocycles. The molecule has 7 heteroatoms. The molecule has 0 unspecified atom stereocenters. The number of rotatable bonds is 5. The minimum atomic E-state index is -0.504. The number of benzene rings is 1. The van der Waals surface area contributed by atoms with Gasteiger partial charge in [-0.05, 0) is 64.7 Å². The smallest absolute Gasteiger partial charge is 0.410 e. The van der Waals surface area contributed by atoms with E-state index in [9.17, 15) is 14.4 Å². The molecule has 2 N–H and O–H groups in total. The lowest BCUT2D eigenvalue weighted by molar-refractivity contribution is -0.117. The van der Waals surface area contributed by atoms with Crippen LogP contribution in [0, 0.1) is 5.92 Å². The molecule has 1 aromatic carbocycles. The van der Waals surface area contributed by atoms with Crippen LogP contribution in [0.3, 0.4) is 0 Å². The summed E-state index contributed by atoms with van der Waals surface area (Å²) >= 11 is 0. The molecule has 28 heavy (non-hydrogen) atoms. The van der Waals surface area contributed by atoms with E-state index in [1.165, 1.54) is 0 Å². The molecule has 154 valence electrons. The zero-order chi connectivity index (χ0) is 20.7. The monoisotopic (exact) mass is 389 g/mol. The quantitative estimate of drug-likeness (QED) is 0.808. The average Bonchev–Trinajstić information content (AvgIpc) is 2.61. The topological polar surface area (TPSA) is 87.7 Å². The number of ether oxygens (including phenoxy) is 1. The van der Waals surface area contributed by atoms with Crippen molar-refractivity contribution in [1.82, 2.24) is 10.2 Å². The minimum Gasteiger partial charge on any atom is -0.444 e. The van der Waals surface area contributed by atoms with Crippen LogP contribution >= 0.6 is 0 Å². The molecule has 1 aromatic rings. The van der Waals surface area contributed by atoms with Crippen molar-refractivity contribution in [2.24, 2.45) is 5.92 Å². The summed E-state index contributed by atoms with van der Waals surface area (Å²) in [7, 11) is 0. The molecule has 1 aliphatic rings. The van der Waals surface area contributed by atoms with E-state index in [-0.39, 0.29) is 23.8 Å². The van der Waals surface area contributed by atoms with Gasteiger partial charge >= 0.3 is 6.09 Å². The Bertz CT molecular complexity index is 704. The van der Waals surface area contributed by atoms with Crippen molar-refractivity contribution in [3.63, 3.8) is 0 Å². The summed E-state index contributed by atoms with van der Waals surface area (Å²) in [5.74, 6) is -0.0119. The van der Waals surface area contributed by atoms with Gasteiger partial charge in [0.05, 0.1) is 0 Å². The Morgan fingerprint density at radius 1 is 1.18 bits per heavy atom. The van der Waals surface area contributed by atoms with E-state index in [0.29, 0.717) is 37.3 Å². The highest BCUT2D eigenvalue weighted by atomic mass is 16.6. The third-order valence-electron chi connectivity index (χ3n) is 4.49. The second-order valence-electron chi connectivity index (χ2n) is 8.10. The number of anilines is 1. The van der Waals surface area contributed by atoms with Gasteiger partial charge in [-0.1, -0.05) is 6.07 Å². The summed E-state index contributed by atoms with van der Waals surface area (Å²) in [6.07, 6.45) is 1.64. The minimum absolute atomic E-state index is 0.0798. The molecule has 0 atom stereocenters. The third kappa shape index (κ3) is 6.87. The standard InChI is InChI=1S/C21H31N3O4/c1-5-22-19(26)16-7-6-8-17(14-16)23-18(25)13-15-9-11-24(12-10-15)20(27)28-21(2,3)4/h6-8,14-15H,5,9-13H2,1-4H3,(H,22,26)(H,23,25). The summed E-state index contributed by atoms with van der Waals surface area (Å²) in [5, 5.41) is 5.61. The van der Waals surface area contributed by atoms with Gasteiger partial charge < -0.3 is 20.3 Å². The van der Waals surface area contributed by atoms with Crippen molar-refractivity contribution < 1.29 is 19.1 Å². The van der Waals surface area contributed by atoms with Crippen LogP contribution in [0.5, 0.6) is 0 Å². The zero-order valence-corrected chi connectivity index (χ0v) is 17.2. The highest BCUT2D eigenvalue weighted by Gasteiger charge is 2.27. The van der Waals surface area contributed by atoms with Crippen molar-refractivity contribution in [2.75, 3.05) is 25.0 Å². The molecular weight excluding hydrogens is 358 g/mol. The highest BCUT2D eigenvalue weighted by molar-refractivity contribution is 5.97. The first-order chi connectivity index (χ1) is 13.2. The molecule has 0 spiro atoms. The number of nitrogens with one attached hydrogen (secondary N) is 2. The van der Waals surface area contributed by atoms with Gasteiger partial charge in [-0.3, -0.25) is 9.59 Å². The van der Waals surface area contributed by atoms with Crippen LogP contribution in [-0.4, -0.2) is 48.0 Å². The molecule has 0 saturated carbocycles. The van der Waals surface area contributed by atoms with Gasteiger partial charge in [0.1, 0.15) is 5.60 Å². The summed E-state index contributed by atoms with van der Waals surface area (Å²) in [4.78, 5) is 38.1. The van der Waals surface area contributed by atoms with E-state index >= 15 is 0 Å². The Morgan fingerprint density at radius 3 is 2.46 bits per heavy atom. The van der Waals surface area contributed by atoms with Gasteiger partial charge in [0.15, 0.2) is 0 Å². The number of nitrogens with zero attached hydrogens (tertiary/aromatic N) is 1. The van der Waals surface area contributed by atoms with E-state index < -0.39 is 5.60 Å². The predicted molar refractivity (Wildman–Crippen MR) is 108 cm³/mol. The fourth-order valence-corrected chi connectivity index (χ4v) is 3.12. The van der Waals surface area contributed by atoms with E-state index in [1.54, 1.807) is 29.2 Å². The van der Waals surface area contributed by atoms with Crippen LogP contribution in [0.4, 0.5) is 10.5 Å². The third-order valence-corrected chi connectivity index (χ3v) is 4.49. The Labute approximate surface area is 166 Å². The second kappa shape index (κ2) is 9.57. The average molecular weight is 389 g/mol. The van der Waals surface area contributed by atoms with E-state index in [2.05, 4.69) is 10.6 Å². The molecule has 7 nitrogen and oxygen atoms in total. The first-order valence-corrected chi connectivity index (χ1v) is 9.84. The first-order valence-electron chi connectivity index (χ1n) is 9.84. The number of piperidine rings is 1. The van der Waals surface area contributed by atoms with Crippen LogP contribution in [-0.2, 0) is 9.53 Å². The number of amides is 3. The second-order valence-corrected chi connectivity index (χ2v) is 8.10. The number of hydrogen-bond acceptors (Lipinski definition) is 4. The molecule has 1 heterocycles. The lowest BCUT2D eigenvalue weighted by Gasteiger charge is -2.33. The molecule has 1 aliphatic heterocycles. The van der Waals surface area contributed by atoms with E-state index in [0.717, 1.165) is 12.8 Å². The van der Waals surface area contributed by atoms with Crippen molar-refractivity contribution in [1.29, 1.82) is 0 Å². The fraction of sp³-hybridized carbons (Fsp3) is 0.571. The van der Waals surface area contributed by atoms with Crippen molar-refractivity contribution in [2.45, 2.75) is 52.6 Å². The Hall–Kier alpha value is -2.57. The maximum absolute atomic E-state index is 12.4. The summed E-state index contributed by atoms with van der Waals surface area (Å²) in [6.45, 7) is 9.16. The van der Waals surface area contributed by atoms with Gasteiger partial charge in [0, 0.05) is 37.3 Å². The normalized spacial score (nSPS) is 15.1. The van der Waals surface area contributed by atoms with E-state index in [1.807, 2.05) is 27.7 Å². The largest absolute Gasteiger partial charge is 0.444 e. The summed E-state index contributed by atoms with van der Waals surface area (Å²) in [5.41, 5.74) is 0.626. The van der Waals surface area contributed by atoms with Crippen molar-refractivity contribution in [3.05, 3.63) is 29.8 Å². The van der Waals surface area contributed by atoms with Gasteiger partial charge in [-0.25, -0.2) is 4.79 Å². The molecule has 3 amide bonds. The van der Waals surface area contributed by atoms with Gasteiger partial charge in [-0.2, -0.15) is 0 Å². The molecule has 0 bridgehead atoms. The molecule has 2 rings (SSSR count). The molecule has 0 aromatic heterocycles. The Kier molecular flexibility index (Phi) is 7.43. The molecule has 1 fully saturated rings. The van der Waals surface area contributed by atoms with E-state index in [4.69, 9.17) is 4.74 Å². The Morgan fingerprint density at radius 2 is 1.86 bits per heavy atom. The number of hydrogen-bond donors (Lipinski definition) is 2.